The lowest BCUT2D eigenvalue weighted by Gasteiger charge is -2.28. The van der Waals surface area contributed by atoms with Gasteiger partial charge in [-0.3, -0.25) is 19.9 Å². The first-order valence-electron chi connectivity index (χ1n) is 14.2. The van der Waals surface area contributed by atoms with Crippen molar-refractivity contribution in [3.63, 3.8) is 0 Å². The van der Waals surface area contributed by atoms with E-state index in [-0.39, 0.29) is 37.5 Å². The monoisotopic (exact) mass is 564 g/mol. The third kappa shape index (κ3) is 8.63. The van der Waals surface area contributed by atoms with E-state index >= 15 is 0 Å². The van der Waals surface area contributed by atoms with Crippen molar-refractivity contribution in [1.82, 2.24) is 20.3 Å². The molecule has 4 N–H and O–H groups in total. The maximum atomic E-state index is 13.2. The maximum Gasteiger partial charge on any atom is 0.324 e. The van der Waals surface area contributed by atoms with Crippen LogP contribution in [-0.4, -0.2) is 57.4 Å². The lowest BCUT2D eigenvalue weighted by molar-refractivity contribution is -0.137. The molecule has 1 saturated carbocycles. The minimum absolute atomic E-state index is 0.0350. The van der Waals surface area contributed by atoms with E-state index in [1.165, 1.54) is 0 Å². The topological polar surface area (TPSA) is 152 Å². The summed E-state index contributed by atoms with van der Waals surface area (Å²) in [6.07, 6.45) is 6.44. The van der Waals surface area contributed by atoms with Crippen LogP contribution in [0.4, 0.5) is 16.3 Å². The van der Waals surface area contributed by atoms with E-state index in [4.69, 9.17) is 5.11 Å². The molecule has 2 heterocycles. The van der Waals surface area contributed by atoms with Crippen LogP contribution < -0.4 is 16.0 Å². The molecule has 0 radical (unpaired) electrons. The van der Waals surface area contributed by atoms with Gasteiger partial charge in [-0.15, -0.1) is 0 Å². The molecule has 1 atom stereocenters. The summed E-state index contributed by atoms with van der Waals surface area (Å²) in [5.74, 6) is 0.0904. The fourth-order valence-corrected chi connectivity index (χ4v) is 5.24. The fraction of sp³-hybridized carbons (Fsp3) is 0.517. The van der Waals surface area contributed by atoms with Crippen LogP contribution in [0.5, 0.6) is 0 Å². The Labute approximate surface area is 240 Å². The second-order valence-electron chi connectivity index (χ2n) is 11.2. The van der Waals surface area contributed by atoms with E-state index in [1.807, 2.05) is 37.3 Å². The predicted molar refractivity (Wildman–Crippen MR) is 155 cm³/mol. The second-order valence-corrected chi connectivity index (χ2v) is 11.2. The van der Waals surface area contributed by atoms with Crippen LogP contribution in [0.25, 0.3) is 0 Å². The molecule has 1 aliphatic carbocycles. The standard InChI is InChI=1S/C29H40N8O4/c1-19(2)15-25(37-18-36(34-35-37)14-12-27(39)40)32-26(38)17-21-10-11-24(23(16-21)22-8-4-5-9-22)31-29(41)33-28-20(3)7-6-13-30-28/h6-7,10-11,13,16,19,22,25H,4-5,8-9,12,14-15,17-18H2,1-3H3,(H,32,38)(H,39,40)(H2,30,31,33,41). The highest BCUT2D eigenvalue weighted by Gasteiger charge is 2.27. The zero-order chi connectivity index (χ0) is 29.4. The molecule has 41 heavy (non-hydrogen) atoms. The predicted octanol–water partition coefficient (Wildman–Crippen LogP) is 5.05. The highest BCUT2D eigenvalue weighted by atomic mass is 16.4. The third-order valence-electron chi connectivity index (χ3n) is 7.32. The number of carbonyl (C=O) groups excluding carboxylic acids is 2. The number of rotatable bonds is 12. The molecule has 1 fully saturated rings. The molecule has 1 aromatic carbocycles. The Bertz CT molecular complexity index is 1260. The molecular weight excluding hydrogens is 524 g/mol. The molecule has 0 spiro atoms. The number of anilines is 2. The quantitative estimate of drug-likeness (QED) is 0.281. The molecule has 220 valence electrons. The number of hydrogen-bond donors (Lipinski definition) is 4. The Morgan fingerprint density at radius 3 is 2.59 bits per heavy atom. The maximum absolute atomic E-state index is 13.2. The molecule has 1 aliphatic heterocycles. The number of nitrogens with zero attached hydrogens (tertiary/aromatic N) is 5. The van der Waals surface area contributed by atoms with Crippen LogP contribution in [0.3, 0.4) is 0 Å². The number of carbonyl (C=O) groups is 3. The van der Waals surface area contributed by atoms with Crippen LogP contribution in [0.15, 0.2) is 47.0 Å². The molecule has 12 nitrogen and oxygen atoms in total. The van der Waals surface area contributed by atoms with Gasteiger partial charge in [0.25, 0.3) is 0 Å². The largest absolute Gasteiger partial charge is 0.481 e. The Balaban J connectivity index is 1.42. The molecule has 2 aromatic rings. The SMILES string of the molecule is Cc1cccnc1NC(=O)Nc1ccc(CC(=O)NC(CC(C)C)N2CN(CCC(=O)O)N=N2)cc1C1CCCC1. The number of carboxylic acids is 1. The summed E-state index contributed by atoms with van der Waals surface area (Å²) in [6.45, 7) is 6.60. The first kappa shape index (κ1) is 29.8. The van der Waals surface area contributed by atoms with Gasteiger partial charge in [0.15, 0.2) is 0 Å². The number of nitrogens with one attached hydrogen (secondary N) is 3. The van der Waals surface area contributed by atoms with E-state index < -0.39 is 5.97 Å². The normalized spacial score (nSPS) is 15.8. The number of aryl methyl sites for hydroxylation is 1. The van der Waals surface area contributed by atoms with Crippen LogP contribution in [-0.2, 0) is 16.0 Å². The summed E-state index contributed by atoms with van der Waals surface area (Å²) in [5.41, 5.74) is 3.52. The van der Waals surface area contributed by atoms with E-state index in [1.54, 1.807) is 16.2 Å². The van der Waals surface area contributed by atoms with Gasteiger partial charge >= 0.3 is 12.0 Å². The average molecular weight is 565 g/mol. The van der Waals surface area contributed by atoms with E-state index in [2.05, 4.69) is 45.2 Å². The molecule has 3 amide bonds. The number of amides is 3. The first-order valence-corrected chi connectivity index (χ1v) is 14.2. The first-order chi connectivity index (χ1) is 19.7. The molecule has 0 bridgehead atoms. The molecule has 12 heteroatoms. The Kier molecular flexibility index (Phi) is 10.1. The highest BCUT2D eigenvalue weighted by Crippen LogP contribution is 2.38. The fourth-order valence-electron chi connectivity index (χ4n) is 5.24. The zero-order valence-corrected chi connectivity index (χ0v) is 24.0. The van der Waals surface area contributed by atoms with Crippen molar-refractivity contribution in [2.24, 2.45) is 16.4 Å². The smallest absolute Gasteiger partial charge is 0.324 e. The van der Waals surface area contributed by atoms with Gasteiger partial charge in [0, 0.05) is 11.9 Å². The summed E-state index contributed by atoms with van der Waals surface area (Å²) < 4.78 is 0. The van der Waals surface area contributed by atoms with Gasteiger partial charge in [0.2, 0.25) is 5.91 Å². The summed E-state index contributed by atoms with van der Waals surface area (Å²) in [5, 5.41) is 29.4. The molecule has 4 rings (SSSR count). The summed E-state index contributed by atoms with van der Waals surface area (Å²) in [6, 6.07) is 9.15. The number of aromatic nitrogens is 1. The zero-order valence-electron chi connectivity index (χ0n) is 24.0. The van der Waals surface area contributed by atoms with Gasteiger partial charge in [0.05, 0.1) is 19.4 Å². The molecular formula is C29H40N8O4. The number of urea groups is 1. The van der Waals surface area contributed by atoms with Crippen molar-refractivity contribution in [1.29, 1.82) is 0 Å². The summed E-state index contributed by atoms with van der Waals surface area (Å²) >= 11 is 0. The Morgan fingerprint density at radius 2 is 1.88 bits per heavy atom. The minimum Gasteiger partial charge on any atom is -0.481 e. The van der Waals surface area contributed by atoms with Gasteiger partial charge in [-0.2, -0.15) is 0 Å². The molecule has 1 aromatic heterocycles. The number of benzene rings is 1. The van der Waals surface area contributed by atoms with E-state index in [0.29, 0.717) is 30.7 Å². The van der Waals surface area contributed by atoms with Crippen LogP contribution >= 0.6 is 0 Å². The van der Waals surface area contributed by atoms with Crippen LogP contribution in [0.2, 0.25) is 0 Å². The number of pyridine rings is 1. The van der Waals surface area contributed by atoms with Crippen molar-refractivity contribution in [2.75, 3.05) is 23.8 Å². The van der Waals surface area contributed by atoms with Crippen molar-refractivity contribution in [2.45, 2.75) is 77.8 Å². The lowest BCUT2D eigenvalue weighted by atomic mass is 9.93. The molecule has 2 aliphatic rings. The lowest BCUT2D eigenvalue weighted by Crippen LogP contribution is -2.48. The van der Waals surface area contributed by atoms with Gasteiger partial charge in [0.1, 0.15) is 18.7 Å². The number of hydrogen-bond acceptors (Lipinski definition) is 8. The number of carboxylic acid groups (broad SMARTS) is 1. The molecule has 0 saturated heterocycles. The molecule has 1 unspecified atom stereocenters. The van der Waals surface area contributed by atoms with Crippen molar-refractivity contribution < 1.29 is 19.5 Å². The number of aliphatic carboxylic acids is 1. The van der Waals surface area contributed by atoms with E-state index in [0.717, 1.165) is 48.1 Å². The minimum atomic E-state index is -0.896. The highest BCUT2D eigenvalue weighted by molar-refractivity contribution is 6.00. The van der Waals surface area contributed by atoms with Gasteiger partial charge in [-0.05, 0) is 72.1 Å². The Hall–Kier alpha value is -4.22. The van der Waals surface area contributed by atoms with Gasteiger partial charge in [-0.1, -0.05) is 50.1 Å². The Morgan fingerprint density at radius 1 is 1.10 bits per heavy atom. The average Bonchev–Trinajstić information content (AvgIpc) is 3.62. The van der Waals surface area contributed by atoms with Crippen LogP contribution in [0.1, 0.15) is 75.0 Å². The van der Waals surface area contributed by atoms with Gasteiger partial charge in [-0.25, -0.2) is 14.8 Å². The summed E-state index contributed by atoms with van der Waals surface area (Å²) in [4.78, 5) is 41.2. The van der Waals surface area contributed by atoms with Crippen molar-refractivity contribution in [3.8, 4) is 0 Å². The van der Waals surface area contributed by atoms with Crippen LogP contribution in [0, 0.1) is 12.8 Å². The second kappa shape index (κ2) is 13.9. The van der Waals surface area contributed by atoms with Crippen molar-refractivity contribution in [3.05, 3.63) is 53.2 Å². The summed E-state index contributed by atoms with van der Waals surface area (Å²) in [7, 11) is 0. The van der Waals surface area contributed by atoms with Gasteiger partial charge < -0.3 is 15.7 Å². The van der Waals surface area contributed by atoms with Crippen molar-refractivity contribution >= 4 is 29.4 Å². The van der Waals surface area contributed by atoms with E-state index in [9.17, 15) is 14.4 Å². The third-order valence-corrected chi connectivity index (χ3v) is 7.32.